The molecule has 0 bridgehead atoms. The number of nitrogens with zero attached hydrogens (tertiary/aromatic N) is 2. The van der Waals surface area contributed by atoms with Gasteiger partial charge < -0.3 is 16.0 Å². The number of carbonyl (C=O) groups excluding carboxylic acids is 1. The first kappa shape index (κ1) is 17.5. The fourth-order valence-corrected chi connectivity index (χ4v) is 2.89. The number of carbonyl (C=O) groups is 1. The third-order valence-electron chi connectivity index (χ3n) is 3.30. The second-order valence-electron chi connectivity index (χ2n) is 5.06. The number of aromatic nitrogens is 1. The lowest BCUT2D eigenvalue weighted by molar-refractivity contribution is -0.140. The van der Waals surface area contributed by atoms with Gasteiger partial charge in [0, 0.05) is 44.4 Å². The highest BCUT2D eigenvalue weighted by atomic mass is 32.1. The Hall–Kier alpha value is -1.84. The summed E-state index contributed by atoms with van der Waals surface area (Å²) >= 11 is 0.993. The van der Waals surface area contributed by atoms with E-state index in [9.17, 15) is 18.0 Å². The van der Waals surface area contributed by atoms with Gasteiger partial charge >= 0.3 is 6.18 Å². The van der Waals surface area contributed by atoms with E-state index in [1.54, 1.807) is 7.05 Å². The largest absolute Gasteiger partial charge is 0.434 e. The van der Waals surface area contributed by atoms with Crippen LogP contribution in [0.3, 0.4) is 0 Å². The predicted octanol–water partition coefficient (Wildman–Crippen LogP) is 1.15. The summed E-state index contributed by atoms with van der Waals surface area (Å²) in [5.74, 6) is 0.592. The lowest BCUT2D eigenvalue weighted by atomic mass is 10.1. The maximum absolute atomic E-state index is 12.5. The number of hydrogen-bond acceptors (Lipinski definition) is 4. The molecule has 23 heavy (non-hydrogen) atoms. The van der Waals surface area contributed by atoms with Crippen molar-refractivity contribution in [3.63, 3.8) is 0 Å². The van der Waals surface area contributed by atoms with Gasteiger partial charge in [-0.05, 0) is 6.42 Å². The molecule has 6 nitrogen and oxygen atoms in total. The molecule has 1 fully saturated rings. The van der Waals surface area contributed by atoms with Gasteiger partial charge in [0.2, 0.25) is 5.91 Å². The van der Waals surface area contributed by atoms with E-state index in [-0.39, 0.29) is 11.9 Å². The molecule has 1 aliphatic rings. The molecular weight excluding hydrogens is 331 g/mol. The van der Waals surface area contributed by atoms with Crippen molar-refractivity contribution in [1.82, 2.24) is 20.9 Å². The molecule has 0 saturated carbocycles. The van der Waals surface area contributed by atoms with Crippen LogP contribution in [0.15, 0.2) is 10.4 Å². The second kappa shape index (κ2) is 7.62. The topological polar surface area (TPSA) is 78.4 Å². The third-order valence-corrected chi connectivity index (χ3v) is 4.21. The molecule has 0 aliphatic carbocycles. The fraction of sp³-hybridized carbons (Fsp3) is 0.615. The number of hydrogen-bond donors (Lipinski definition) is 3. The molecule has 1 unspecified atom stereocenters. The number of aliphatic imine (C=N–C) groups is 1. The molecule has 0 aromatic carbocycles. The van der Waals surface area contributed by atoms with Crippen molar-refractivity contribution in [3.05, 3.63) is 16.1 Å². The molecule has 1 saturated heterocycles. The van der Waals surface area contributed by atoms with Crippen molar-refractivity contribution in [3.8, 4) is 0 Å². The molecule has 1 atom stereocenters. The maximum Gasteiger partial charge on any atom is 0.434 e. The van der Waals surface area contributed by atoms with Crippen LogP contribution in [-0.2, 0) is 17.4 Å². The number of piperidine rings is 1. The van der Waals surface area contributed by atoms with Crippen LogP contribution < -0.4 is 16.0 Å². The summed E-state index contributed by atoms with van der Waals surface area (Å²) in [4.78, 5) is 18.7. The Kier molecular flexibility index (Phi) is 5.80. The Morgan fingerprint density at radius 3 is 2.91 bits per heavy atom. The number of guanidine groups is 1. The molecule has 1 aromatic rings. The molecule has 0 radical (unpaired) electrons. The Morgan fingerprint density at radius 2 is 2.35 bits per heavy atom. The smallest absolute Gasteiger partial charge is 0.356 e. The van der Waals surface area contributed by atoms with Crippen molar-refractivity contribution >= 4 is 23.2 Å². The van der Waals surface area contributed by atoms with Gasteiger partial charge in [-0.3, -0.25) is 9.79 Å². The zero-order chi connectivity index (χ0) is 16.9. The van der Waals surface area contributed by atoms with Crippen molar-refractivity contribution in [2.75, 3.05) is 20.1 Å². The summed E-state index contributed by atoms with van der Waals surface area (Å²) in [5, 5.41) is 10.4. The van der Waals surface area contributed by atoms with E-state index in [4.69, 9.17) is 0 Å². The molecule has 128 valence electrons. The summed E-state index contributed by atoms with van der Waals surface area (Å²) in [7, 11) is 1.61. The fourth-order valence-electron chi connectivity index (χ4n) is 2.09. The zero-order valence-corrected chi connectivity index (χ0v) is 13.4. The normalized spacial score (nSPS) is 19.4. The van der Waals surface area contributed by atoms with Crippen LogP contribution in [0.2, 0.25) is 0 Å². The van der Waals surface area contributed by atoms with Gasteiger partial charge in [-0.1, -0.05) is 0 Å². The van der Waals surface area contributed by atoms with E-state index in [0.717, 1.165) is 16.7 Å². The van der Waals surface area contributed by atoms with Gasteiger partial charge in [0.25, 0.3) is 0 Å². The highest BCUT2D eigenvalue weighted by molar-refractivity contribution is 7.09. The highest BCUT2D eigenvalue weighted by Crippen LogP contribution is 2.29. The third kappa shape index (κ3) is 5.38. The minimum absolute atomic E-state index is 0.0373. The van der Waals surface area contributed by atoms with Crippen molar-refractivity contribution in [2.45, 2.75) is 31.5 Å². The van der Waals surface area contributed by atoms with Crippen LogP contribution in [0.1, 0.15) is 23.5 Å². The highest BCUT2D eigenvalue weighted by Gasteiger charge is 2.33. The van der Waals surface area contributed by atoms with Crippen molar-refractivity contribution < 1.29 is 18.0 Å². The van der Waals surface area contributed by atoms with Gasteiger partial charge in [-0.2, -0.15) is 13.2 Å². The minimum Gasteiger partial charge on any atom is -0.356 e. The van der Waals surface area contributed by atoms with Crippen LogP contribution in [0.5, 0.6) is 0 Å². The first-order valence-electron chi connectivity index (χ1n) is 7.14. The van der Waals surface area contributed by atoms with E-state index >= 15 is 0 Å². The molecule has 1 aliphatic heterocycles. The summed E-state index contributed by atoms with van der Waals surface area (Å²) in [6.07, 6.45) is -2.84. The van der Waals surface area contributed by atoms with Crippen LogP contribution in [-0.4, -0.2) is 43.0 Å². The zero-order valence-electron chi connectivity index (χ0n) is 12.5. The first-order valence-corrected chi connectivity index (χ1v) is 8.02. The first-order chi connectivity index (χ1) is 10.9. The molecule has 0 spiro atoms. The summed E-state index contributed by atoms with van der Waals surface area (Å²) in [5.41, 5.74) is -0.849. The molecule has 1 aromatic heterocycles. The van der Waals surface area contributed by atoms with Crippen molar-refractivity contribution in [2.24, 2.45) is 4.99 Å². The van der Waals surface area contributed by atoms with E-state index in [1.807, 2.05) is 0 Å². The predicted molar refractivity (Wildman–Crippen MR) is 81.3 cm³/mol. The molecule has 2 rings (SSSR count). The van der Waals surface area contributed by atoms with E-state index < -0.39 is 11.9 Å². The number of thiazole rings is 1. The molecule has 10 heteroatoms. The van der Waals surface area contributed by atoms with Gasteiger partial charge in [0.1, 0.15) is 0 Å². The van der Waals surface area contributed by atoms with Crippen LogP contribution in [0.25, 0.3) is 0 Å². The van der Waals surface area contributed by atoms with Gasteiger partial charge in [-0.15, -0.1) is 11.3 Å². The second-order valence-corrected chi connectivity index (χ2v) is 6.00. The number of alkyl halides is 3. The van der Waals surface area contributed by atoms with E-state index in [2.05, 4.69) is 25.9 Å². The van der Waals surface area contributed by atoms with Gasteiger partial charge in [0.15, 0.2) is 11.7 Å². The van der Waals surface area contributed by atoms with Crippen LogP contribution >= 0.6 is 11.3 Å². The molecular formula is C13H18F3N5OS. The summed E-state index contributed by atoms with van der Waals surface area (Å²) in [6, 6.07) is 0.0931. The quantitative estimate of drug-likeness (QED) is 0.563. The Morgan fingerprint density at radius 1 is 1.57 bits per heavy atom. The Labute approximate surface area is 135 Å². The van der Waals surface area contributed by atoms with Crippen LogP contribution in [0.4, 0.5) is 13.2 Å². The van der Waals surface area contributed by atoms with E-state index in [1.165, 1.54) is 0 Å². The summed E-state index contributed by atoms with van der Waals surface area (Å²) < 4.78 is 37.4. The average molecular weight is 349 g/mol. The maximum atomic E-state index is 12.5. The monoisotopic (exact) mass is 349 g/mol. The number of amides is 1. The minimum atomic E-state index is -4.40. The lowest BCUT2D eigenvalue weighted by Gasteiger charge is -2.25. The Bertz CT molecular complexity index is 562. The molecule has 1 amide bonds. The average Bonchev–Trinajstić information content (AvgIpc) is 2.97. The standard InChI is InChI=1S/C13H18F3N5OS/c1-17-12(20-8-2-3-10(22)19-6-8)18-5-4-11-21-9(7-23-11)13(14,15)16/h7-8H,2-6H2,1H3,(H,19,22)(H2,17,18,20). The Balaban J connectivity index is 1.75. The van der Waals surface area contributed by atoms with Crippen LogP contribution in [0, 0.1) is 0 Å². The van der Waals surface area contributed by atoms with E-state index in [0.29, 0.717) is 43.3 Å². The number of halogens is 3. The van der Waals surface area contributed by atoms with Gasteiger partial charge in [-0.25, -0.2) is 4.98 Å². The molecule has 2 heterocycles. The number of nitrogens with one attached hydrogen (secondary N) is 3. The summed E-state index contributed by atoms with van der Waals surface area (Å²) in [6.45, 7) is 0.949. The SMILES string of the molecule is CN=C(NCCc1nc(C(F)(F)F)cs1)NC1CCC(=O)NC1. The lowest BCUT2D eigenvalue weighted by Crippen LogP contribution is -2.51. The molecule has 3 N–H and O–H groups in total. The van der Waals surface area contributed by atoms with Crippen molar-refractivity contribution in [1.29, 1.82) is 0 Å². The van der Waals surface area contributed by atoms with Gasteiger partial charge in [0.05, 0.1) is 5.01 Å². The number of rotatable bonds is 4.